The number of carbonyl (C=O) groups is 1. The lowest BCUT2D eigenvalue weighted by atomic mass is 10.2. The number of halogens is 4. The zero-order chi connectivity index (χ0) is 18.4. The number of ether oxygens (including phenoxy) is 1. The van der Waals surface area contributed by atoms with Crippen LogP contribution in [-0.4, -0.2) is 12.0 Å². The van der Waals surface area contributed by atoms with Gasteiger partial charge in [-0.2, -0.15) is 13.2 Å². The van der Waals surface area contributed by atoms with Gasteiger partial charge in [-0.1, -0.05) is 48.9 Å². The van der Waals surface area contributed by atoms with E-state index >= 15 is 0 Å². The molecule has 0 aliphatic carbocycles. The highest BCUT2D eigenvalue weighted by Gasteiger charge is 2.34. The number of carbonyl (C=O) groups excluding carboxylic acids is 1. The Bertz CT molecular complexity index is 720. The van der Waals surface area contributed by atoms with Gasteiger partial charge >= 0.3 is 6.18 Å². The van der Waals surface area contributed by atoms with Crippen LogP contribution >= 0.6 is 11.6 Å². The minimum Gasteiger partial charge on any atom is -0.481 e. The molecule has 0 aliphatic heterocycles. The van der Waals surface area contributed by atoms with E-state index in [0.29, 0.717) is 13.0 Å². The van der Waals surface area contributed by atoms with Crippen molar-refractivity contribution in [1.82, 2.24) is 5.32 Å². The lowest BCUT2D eigenvalue weighted by Gasteiger charge is -2.18. The van der Waals surface area contributed by atoms with Gasteiger partial charge in [-0.3, -0.25) is 4.79 Å². The highest BCUT2D eigenvalue weighted by atomic mass is 35.5. The summed E-state index contributed by atoms with van der Waals surface area (Å²) in [5.74, 6) is -0.451. The first-order valence-electron chi connectivity index (χ1n) is 7.66. The molecule has 0 spiro atoms. The second-order valence-corrected chi connectivity index (χ2v) is 5.76. The largest absolute Gasteiger partial charge is 0.481 e. The van der Waals surface area contributed by atoms with E-state index < -0.39 is 28.8 Å². The van der Waals surface area contributed by atoms with Crippen LogP contribution in [0.3, 0.4) is 0 Å². The molecule has 25 heavy (non-hydrogen) atoms. The van der Waals surface area contributed by atoms with Crippen molar-refractivity contribution in [3.63, 3.8) is 0 Å². The fraction of sp³-hybridized carbons (Fsp3) is 0.278. The first kappa shape index (κ1) is 19.1. The predicted molar refractivity (Wildman–Crippen MR) is 89.4 cm³/mol. The zero-order valence-electron chi connectivity index (χ0n) is 13.4. The van der Waals surface area contributed by atoms with Crippen LogP contribution in [0.15, 0.2) is 48.5 Å². The van der Waals surface area contributed by atoms with Crippen LogP contribution < -0.4 is 10.1 Å². The molecule has 3 nitrogen and oxygen atoms in total. The van der Waals surface area contributed by atoms with Crippen LogP contribution in [0.25, 0.3) is 0 Å². The third-order valence-corrected chi connectivity index (χ3v) is 3.82. The maximum atomic E-state index is 12.9. The van der Waals surface area contributed by atoms with Gasteiger partial charge in [0, 0.05) is 6.54 Å². The number of hydrogen-bond acceptors (Lipinski definition) is 2. The highest BCUT2D eigenvalue weighted by molar-refractivity contribution is 6.31. The SMILES string of the molecule is CC[C@@H](Oc1ccc(Cl)c(C(F)(F)F)c1)C(=O)NCc1ccccc1. The van der Waals surface area contributed by atoms with Gasteiger partial charge in [0.25, 0.3) is 5.91 Å². The lowest BCUT2D eigenvalue weighted by Crippen LogP contribution is -2.37. The molecule has 7 heteroatoms. The molecule has 0 heterocycles. The summed E-state index contributed by atoms with van der Waals surface area (Å²) in [6, 6.07) is 12.5. The van der Waals surface area contributed by atoms with E-state index in [1.165, 1.54) is 6.07 Å². The van der Waals surface area contributed by atoms with Crippen molar-refractivity contribution in [2.75, 3.05) is 0 Å². The molecule has 0 fully saturated rings. The molecule has 0 aliphatic rings. The molecule has 0 unspecified atom stereocenters. The Balaban J connectivity index is 2.05. The number of nitrogens with one attached hydrogen (secondary N) is 1. The van der Waals surface area contributed by atoms with E-state index in [1.807, 2.05) is 30.3 Å². The summed E-state index contributed by atoms with van der Waals surface area (Å²) < 4.78 is 44.1. The summed E-state index contributed by atoms with van der Waals surface area (Å²) in [4.78, 5) is 12.2. The molecule has 2 aromatic rings. The van der Waals surface area contributed by atoms with Gasteiger partial charge in [0.1, 0.15) is 5.75 Å². The third kappa shape index (κ3) is 5.39. The van der Waals surface area contributed by atoms with Crippen molar-refractivity contribution >= 4 is 17.5 Å². The molecule has 0 bridgehead atoms. The smallest absolute Gasteiger partial charge is 0.417 e. The Hall–Kier alpha value is -2.21. The summed E-state index contributed by atoms with van der Waals surface area (Å²) in [6.45, 7) is 2.03. The van der Waals surface area contributed by atoms with Crippen molar-refractivity contribution in [1.29, 1.82) is 0 Å². The van der Waals surface area contributed by atoms with E-state index in [2.05, 4.69) is 5.32 Å². The van der Waals surface area contributed by atoms with E-state index in [1.54, 1.807) is 6.92 Å². The number of amides is 1. The quantitative estimate of drug-likeness (QED) is 0.789. The summed E-state index contributed by atoms with van der Waals surface area (Å²) in [5.41, 5.74) is -0.0808. The molecule has 1 amide bonds. The van der Waals surface area contributed by atoms with Crippen molar-refractivity contribution in [3.05, 3.63) is 64.7 Å². The van der Waals surface area contributed by atoms with Gasteiger partial charge in [-0.25, -0.2) is 0 Å². The molecule has 134 valence electrons. The van der Waals surface area contributed by atoms with Gasteiger partial charge in [0.15, 0.2) is 6.10 Å². The van der Waals surface area contributed by atoms with Crippen molar-refractivity contribution in [2.24, 2.45) is 0 Å². The van der Waals surface area contributed by atoms with Crippen LogP contribution in [0.1, 0.15) is 24.5 Å². The Morgan fingerprint density at radius 3 is 2.48 bits per heavy atom. The number of rotatable bonds is 6. The maximum absolute atomic E-state index is 12.9. The fourth-order valence-electron chi connectivity index (χ4n) is 2.18. The minimum atomic E-state index is -4.59. The van der Waals surface area contributed by atoms with Gasteiger partial charge in [-0.05, 0) is 30.2 Å². The lowest BCUT2D eigenvalue weighted by molar-refractivity contribution is -0.137. The molecule has 0 saturated heterocycles. The third-order valence-electron chi connectivity index (χ3n) is 3.49. The van der Waals surface area contributed by atoms with Crippen molar-refractivity contribution in [2.45, 2.75) is 32.2 Å². The molecule has 0 aromatic heterocycles. The number of benzene rings is 2. The Labute approximate surface area is 148 Å². The summed E-state index contributed by atoms with van der Waals surface area (Å²) in [6.07, 6.45) is -5.18. The van der Waals surface area contributed by atoms with Crippen LogP contribution in [-0.2, 0) is 17.5 Å². The second-order valence-electron chi connectivity index (χ2n) is 5.36. The molecule has 1 N–H and O–H groups in total. The maximum Gasteiger partial charge on any atom is 0.417 e. The molecular formula is C18H17ClF3NO2. The van der Waals surface area contributed by atoms with E-state index in [4.69, 9.17) is 16.3 Å². The topological polar surface area (TPSA) is 38.3 Å². The fourth-order valence-corrected chi connectivity index (χ4v) is 2.41. The Morgan fingerprint density at radius 2 is 1.88 bits per heavy atom. The first-order chi connectivity index (χ1) is 11.8. The van der Waals surface area contributed by atoms with E-state index in [9.17, 15) is 18.0 Å². The molecule has 2 rings (SSSR count). The summed E-state index contributed by atoms with van der Waals surface area (Å²) in [5, 5.41) is 2.30. The van der Waals surface area contributed by atoms with Crippen LogP contribution in [0, 0.1) is 0 Å². The highest BCUT2D eigenvalue weighted by Crippen LogP contribution is 2.37. The average Bonchev–Trinajstić information content (AvgIpc) is 2.58. The molecular weight excluding hydrogens is 355 g/mol. The van der Waals surface area contributed by atoms with Gasteiger partial charge in [-0.15, -0.1) is 0 Å². The van der Waals surface area contributed by atoms with Gasteiger partial charge in [0.2, 0.25) is 0 Å². The Morgan fingerprint density at radius 1 is 1.20 bits per heavy atom. The van der Waals surface area contributed by atoms with E-state index in [-0.39, 0.29) is 5.75 Å². The summed E-state index contributed by atoms with van der Waals surface area (Å²) in [7, 11) is 0. The summed E-state index contributed by atoms with van der Waals surface area (Å²) >= 11 is 5.58. The minimum absolute atomic E-state index is 0.0570. The van der Waals surface area contributed by atoms with Crippen LogP contribution in [0.2, 0.25) is 5.02 Å². The van der Waals surface area contributed by atoms with Crippen LogP contribution in [0.5, 0.6) is 5.75 Å². The average molecular weight is 372 g/mol. The normalized spacial score (nSPS) is 12.5. The Kier molecular flexibility index (Phi) is 6.31. The van der Waals surface area contributed by atoms with Gasteiger partial charge < -0.3 is 10.1 Å². The monoisotopic (exact) mass is 371 g/mol. The second kappa shape index (κ2) is 8.25. The van der Waals surface area contributed by atoms with Crippen LogP contribution in [0.4, 0.5) is 13.2 Å². The van der Waals surface area contributed by atoms with Gasteiger partial charge in [0.05, 0.1) is 10.6 Å². The number of hydrogen-bond donors (Lipinski definition) is 1. The molecule has 0 radical (unpaired) electrons. The molecule has 1 atom stereocenters. The van der Waals surface area contributed by atoms with Crippen molar-refractivity contribution < 1.29 is 22.7 Å². The first-order valence-corrected chi connectivity index (χ1v) is 8.04. The van der Waals surface area contributed by atoms with E-state index in [0.717, 1.165) is 17.7 Å². The standard InChI is InChI=1S/C18H17ClF3NO2/c1-2-16(17(24)23-11-12-6-4-3-5-7-12)25-13-8-9-15(19)14(10-13)18(20,21)22/h3-10,16H,2,11H2,1H3,(H,23,24)/t16-/m1/s1. The molecule has 0 saturated carbocycles. The molecule has 2 aromatic carbocycles. The number of alkyl halides is 3. The van der Waals surface area contributed by atoms with Crippen molar-refractivity contribution in [3.8, 4) is 5.75 Å². The zero-order valence-corrected chi connectivity index (χ0v) is 14.2. The predicted octanol–water partition coefficient (Wildman–Crippen LogP) is 4.83.